The van der Waals surface area contributed by atoms with E-state index in [0.29, 0.717) is 6.54 Å². The first-order chi connectivity index (χ1) is 11.7. The second-order valence-electron chi connectivity index (χ2n) is 6.23. The summed E-state index contributed by atoms with van der Waals surface area (Å²) in [7, 11) is 0. The van der Waals surface area contributed by atoms with Crippen molar-refractivity contribution in [1.29, 1.82) is 0 Å². The number of hydrogen-bond acceptors (Lipinski definition) is 2. The highest BCUT2D eigenvalue weighted by molar-refractivity contribution is 5.91. The molecule has 0 saturated carbocycles. The van der Waals surface area contributed by atoms with Gasteiger partial charge >= 0.3 is 0 Å². The molecule has 0 aromatic heterocycles. The molecule has 24 heavy (non-hydrogen) atoms. The van der Waals surface area contributed by atoms with Gasteiger partial charge in [0.05, 0.1) is 5.54 Å². The number of benzene rings is 4. The van der Waals surface area contributed by atoms with E-state index in [9.17, 15) is 0 Å². The molecule has 0 bridgehead atoms. The van der Waals surface area contributed by atoms with Crippen LogP contribution in [0, 0.1) is 0 Å². The molecule has 4 rings (SSSR count). The maximum absolute atomic E-state index is 6.95. The molecule has 118 valence electrons. The molecule has 0 spiro atoms. The van der Waals surface area contributed by atoms with Crippen LogP contribution in [0.3, 0.4) is 0 Å². The Bertz CT molecular complexity index is 930. The highest BCUT2D eigenvalue weighted by Crippen LogP contribution is 2.35. The first-order valence-corrected chi connectivity index (χ1v) is 8.19. The van der Waals surface area contributed by atoms with E-state index >= 15 is 0 Å². The molecule has 0 saturated heterocycles. The van der Waals surface area contributed by atoms with Gasteiger partial charge in [0, 0.05) is 6.54 Å². The van der Waals surface area contributed by atoms with Gasteiger partial charge in [0.1, 0.15) is 0 Å². The van der Waals surface area contributed by atoms with Gasteiger partial charge in [-0.05, 0) is 32.7 Å². The van der Waals surface area contributed by atoms with Gasteiger partial charge < -0.3 is 11.5 Å². The standard InChI is InChI=1S/C22H20N2/c23-15-22(24,20-13-5-9-16-7-1-3-11-18(16)20)21-14-6-10-17-8-2-4-12-19(17)21/h1-14H,15,23-24H2. The number of hydrogen-bond donors (Lipinski definition) is 2. The highest BCUT2D eigenvalue weighted by atomic mass is 14.8. The van der Waals surface area contributed by atoms with Crippen molar-refractivity contribution >= 4 is 21.5 Å². The Labute approximate surface area is 141 Å². The summed E-state index contributed by atoms with van der Waals surface area (Å²) >= 11 is 0. The van der Waals surface area contributed by atoms with Gasteiger partial charge in [-0.15, -0.1) is 0 Å². The Morgan fingerprint density at radius 2 is 1.00 bits per heavy atom. The van der Waals surface area contributed by atoms with Gasteiger partial charge in [-0.25, -0.2) is 0 Å². The zero-order chi connectivity index (χ0) is 16.6. The summed E-state index contributed by atoms with van der Waals surface area (Å²) in [6.45, 7) is 0.342. The molecule has 0 amide bonds. The molecule has 0 aliphatic carbocycles. The Morgan fingerprint density at radius 3 is 1.46 bits per heavy atom. The molecule has 2 nitrogen and oxygen atoms in total. The normalized spacial score (nSPS) is 11.9. The van der Waals surface area contributed by atoms with Crippen LogP contribution >= 0.6 is 0 Å². The predicted molar refractivity (Wildman–Crippen MR) is 102 cm³/mol. The SMILES string of the molecule is NCC(N)(c1cccc2ccccc12)c1cccc2ccccc12. The van der Waals surface area contributed by atoms with Crippen molar-refractivity contribution in [2.45, 2.75) is 5.54 Å². The summed E-state index contributed by atoms with van der Waals surface area (Å²) in [5.41, 5.74) is 14.6. The van der Waals surface area contributed by atoms with Crippen LogP contribution in [0.4, 0.5) is 0 Å². The third kappa shape index (κ3) is 2.20. The molecule has 4 N–H and O–H groups in total. The maximum atomic E-state index is 6.95. The summed E-state index contributed by atoms with van der Waals surface area (Å²) in [5.74, 6) is 0. The zero-order valence-electron chi connectivity index (χ0n) is 13.4. The molecule has 2 heteroatoms. The molecule has 0 heterocycles. The summed E-state index contributed by atoms with van der Waals surface area (Å²) in [6.07, 6.45) is 0. The molecule has 0 aliphatic heterocycles. The van der Waals surface area contributed by atoms with E-state index < -0.39 is 5.54 Å². The highest BCUT2D eigenvalue weighted by Gasteiger charge is 2.31. The lowest BCUT2D eigenvalue weighted by atomic mass is 9.79. The first kappa shape index (κ1) is 14.9. The van der Waals surface area contributed by atoms with Crippen LogP contribution in [-0.2, 0) is 5.54 Å². The summed E-state index contributed by atoms with van der Waals surface area (Å²) in [6, 6.07) is 29.2. The lowest BCUT2D eigenvalue weighted by Gasteiger charge is -2.31. The van der Waals surface area contributed by atoms with E-state index in [1.807, 2.05) is 24.3 Å². The molecule has 0 atom stereocenters. The van der Waals surface area contributed by atoms with Crippen molar-refractivity contribution in [2.75, 3.05) is 6.54 Å². The Hall–Kier alpha value is -2.68. The fraction of sp³-hybridized carbons (Fsp3) is 0.0909. The van der Waals surface area contributed by atoms with E-state index in [1.165, 1.54) is 10.8 Å². The second kappa shape index (κ2) is 5.75. The number of fused-ring (bicyclic) bond motifs is 2. The van der Waals surface area contributed by atoms with Crippen molar-refractivity contribution in [1.82, 2.24) is 0 Å². The fourth-order valence-corrected chi connectivity index (χ4v) is 3.59. The van der Waals surface area contributed by atoms with Crippen molar-refractivity contribution in [3.05, 3.63) is 96.1 Å². The molecule has 0 radical (unpaired) electrons. The minimum Gasteiger partial charge on any atom is -0.328 e. The number of nitrogens with two attached hydrogens (primary N) is 2. The monoisotopic (exact) mass is 312 g/mol. The van der Waals surface area contributed by atoms with Crippen molar-refractivity contribution in [3.63, 3.8) is 0 Å². The van der Waals surface area contributed by atoms with Gasteiger partial charge in [0.15, 0.2) is 0 Å². The van der Waals surface area contributed by atoms with E-state index in [4.69, 9.17) is 11.5 Å². The molecule has 0 unspecified atom stereocenters. The largest absolute Gasteiger partial charge is 0.328 e. The van der Waals surface area contributed by atoms with Crippen LogP contribution in [0.5, 0.6) is 0 Å². The van der Waals surface area contributed by atoms with Gasteiger partial charge in [-0.3, -0.25) is 0 Å². The molecule has 0 fully saturated rings. The molecular formula is C22H20N2. The third-order valence-electron chi connectivity index (χ3n) is 4.86. The average Bonchev–Trinajstić information content (AvgIpc) is 2.66. The lowest BCUT2D eigenvalue weighted by molar-refractivity contribution is 0.561. The van der Waals surface area contributed by atoms with Gasteiger partial charge in [0.2, 0.25) is 0 Å². The van der Waals surface area contributed by atoms with Crippen LogP contribution in [0.2, 0.25) is 0 Å². The maximum Gasteiger partial charge on any atom is 0.0802 e. The smallest absolute Gasteiger partial charge is 0.0802 e. The van der Waals surface area contributed by atoms with Crippen molar-refractivity contribution < 1.29 is 0 Å². The lowest BCUT2D eigenvalue weighted by Crippen LogP contribution is -2.45. The molecule has 4 aromatic carbocycles. The minimum absolute atomic E-state index is 0.342. The predicted octanol–water partition coefficient (Wildman–Crippen LogP) is 4.15. The van der Waals surface area contributed by atoms with E-state index in [0.717, 1.165) is 21.9 Å². The zero-order valence-corrected chi connectivity index (χ0v) is 13.4. The molecule has 4 aromatic rings. The van der Waals surface area contributed by atoms with Gasteiger partial charge in [-0.1, -0.05) is 84.9 Å². The van der Waals surface area contributed by atoms with Crippen LogP contribution in [-0.4, -0.2) is 6.54 Å². The van der Waals surface area contributed by atoms with Gasteiger partial charge in [0.25, 0.3) is 0 Å². The third-order valence-corrected chi connectivity index (χ3v) is 4.86. The Kier molecular flexibility index (Phi) is 3.57. The van der Waals surface area contributed by atoms with Crippen LogP contribution in [0.1, 0.15) is 11.1 Å². The summed E-state index contributed by atoms with van der Waals surface area (Å²) in [5, 5.41) is 4.67. The average molecular weight is 312 g/mol. The van der Waals surface area contributed by atoms with Crippen molar-refractivity contribution in [3.8, 4) is 0 Å². The van der Waals surface area contributed by atoms with Crippen LogP contribution < -0.4 is 11.5 Å². The van der Waals surface area contributed by atoms with Gasteiger partial charge in [-0.2, -0.15) is 0 Å². The van der Waals surface area contributed by atoms with E-state index in [-0.39, 0.29) is 0 Å². The molecular weight excluding hydrogens is 292 g/mol. The molecule has 0 aliphatic rings. The summed E-state index contributed by atoms with van der Waals surface area (Å²) in [4.78, 5) is 0. The van der Waals surface area contributed by atoms with E-state index in [1.54, 1.807) is 0 Å². The fourth-order valence-electron chi connectivity index (χ4n) is 3.59. The van der Waals surface area contributed by atoms with Crippen molar-refractivity contribution in [2.24, 2.45) is 11.5 Å². The Morgan fingerprint density at radius 1 is 0.583 bits per heavy atom. The van der Waals surface area contributed by atoms with E-state index in [2.05, 4.69) is 60.7 Å². The number of rotatable bonds is 3. The first-order valence-electron chi connectivity index (χ1n) is 8.19. The Balaban J connectivity index is 2.05. The van der Waals surface area contributed by atoms with Crippen LogP contribution in [0.15, 0.2) is 84.9 Å². The summed E-state index contributed by atoms with van der Waals surface area (Å²) < 4.78 is 0. The topological polar surface area (TPSA) is 52.0 Å². The second-order valence-corrected chi connectivity index (χ2v) is 6.23. The quantitative estimate of drug-likeness (QED) is 0.597. The minimum atomic E-state index is -0.734. The van der Waals surface area contributed by atoms with Crippen LogP contribution in [0.25, 0.3) is 21.5 Å².